The molecule has 0 saturated heterocycles. The van der Waals surface area contributed by atoms with Gasteiger partial charge in [0.1, 0.15) is 5.75 Å². The summed E-state index contributed by atoms with van der Waals surface area (Å²) < 4.78 is 44.0. The summed E-state index contributed by atoms with van der Waals surface area (Å²) in [4.78, 5) is 8.62. The van der Waals surface area contributed by atoms with Crippen molar-refractivity contribution in [3.8, 4) is 28.6 Å². The molecule has 1 aromatic heterocycles. The molecular weight excluding hydrogens is 359 g/mol. The van der Waals surface area contributed by atoms with Crippen LogP contribution in [0, 0.1) is 0 Å². The van der Waals surface area contributed by atoms with Crippen LogP contribution in [0.3, 0.4) is 0 Å². The van der Waals surface area contributed by atoms with Crippen LogP contribution in [0.2, 0.25) is 0 Å². The highest BCUT2D eigenvalue weighted by molar-refractivity contribution is 5.71. The molecule has 0 saturated carbocycles. The van der Waals surface area contributed by atoms with Gasteiger partial charge < -0.3 is 9.63 Å². The van der Waals surface area contributed by atoms with E-state index in [0.717, 1.165) is 42.6 Å². The van der Waals surface area contributed by atoms with Gasteiger partial charge in [-0.25, -0.2) is 0 Å². The summed E-state index contributed by atoms with van der Waals surface area (Å²) >= 11 is 0. The predicted octanol–water partition coefficient (Wildman–Crippen LogP) is 5.17. The highest BCUT2D eigenvalue weighted by Gasteiger charge is 2.34. The number of aromatic nitrogens is 2. The second-order valence-corrected chi connectivity index (χ2v) is 6.20. The van der Waals surface area contributed by atoms with E-state index in [1.165, 1.54) is 6.07 Å². The first-order valence-electron chi connectivity index (χ1n) is 8.32. The van der Waals surface area contributed by atoms with Crippen LogP contribution in [0.25, 0.3) is 22.8 Å². The number of nitrogens with zero attached hydrogens (tertiary/aromatic N) is 3. The maximum Gasteiger partial charge on any atom is 0.419 e. The molecule has 2 heterocycles. The summed E-state index contributed by atoms with van der Waals surface area (Å²) in [5.74, 6) is -0.655. The molecule has 0 unspecified atom stereocenters. The smallest absolute Gasteiger partial charge is 0.419 e. The molecule has 1 aliphatic heterocycles. The number of benzene rings is 2. The summed E-state index contributed by atoms with van der Waals surface area (Å²) in [7, 11) is 0. The lowest BCUT2D eigenvalue weighted by Gasteiger charge is -2.09. The van der Waals surface area contributed by atoms with E-state index in [-0.39, 0.29) is 17.3 Å². The van der Waals surface area contributed by atoms with Gasteiger partial charge in [-0.2, -0.15) is 18.2 Å². The summed E-state index contributed by atoms with van der Waals surface area (Å²) in [6.45, 7) is 0. The zero-order chi connectivity index (χ0) is 19.0. The molecule has 0 aliphatic carbocycles. The SMILES string of the molecule is Oc1ccc(-c2nc(-c3ccc4c(c3)N=CCCC4)no2)cc1C(F)(F)F. The van der Waals surface area contributed by atoms with E-state index >= 15 is 0 Å². The summed E-state index contributed by atoms with van der Waals surface area (Å²) in [5.41, 5.74) is 1.55. The van der Waals surface area contributed by atoms with Crippen molar-refractivity contribution in [1.29, 1.82) is 0 Å². The van der Waals surface area contributed by atoms with Gasteiger partial charge in [-0.1, -0.05) is 17.3 Å². The maximum atomic E-state index is 13.0. The average molecular weight is 373 g/mol. The number of hydrogen-bond acceptors (Lipinski definition) is 5. The lowest BCUT2D eigenvalue weighted by Crippen LogP contribution is -2.05. The van der Waals surface area contributed by atoms with E-state index in [0.29, 0.717) is 5.56 Å². The molecule has 0 spiro atoms. The number of halogens is 3. The van der Waals surface area contributed by atoms with Gasteiger partial charge in [0.25, 0.3) is 5.89 Å². The minimum Gasteiger partial charge on any atom is -0.507 e. The van der Waals surface area contributed by atoms with Gasteiger partial charge in [-0.05, 0) is 49.1 Å². The minimum atomic E-state index is -4.68. The fourth-order valence-electron chi connectivity index (χ4n) is 2.94. The second-order valence-electron chi connectivity index (χ2n) is 6.20. The van der Waals surface area contributed by atoms with Gasteiger partial charge in [-0.15, -0.1) is 0 Å². The van der Waals surface area contributed by atoms with Gasteiger partial charge in [0.15, 0.2) is 0 Å². The topological polar surface area (TPSA) is 71.5 Å². The largest absolute Gasteiger partial charge is 0.507 e. The number of aliphatic imine (C=N–C) groups is 1. The molecule has 2 aromatic carbocycles. The van der Waals surface area contributed by atoms with E-state index in [9.17, 15) is 18.3 Å². The van der Waals surface area contributed by atoms with Gasteiger partial charge in [0.05, 0.1) is 11.3 Å². The Kier molecular flexibility index (Phi) is 4.18. The molecule has 0 radical (unpaired) electrons. The molecule has 0 bridgehead atoms. The minimum absolute atomic E-state index is 0.0612. The number of aryl methyl sites for hydroxylation is 1. The number of alkyl halides is 3. The lowest BCUT2D eigenvalue weighted by atomic mass is 10.0. The van der Waals surface area contributed by atoms with Crippen LogP contribution in [-0.4, -0.2) is 21.5 Å². The van der Waals surface area contributed by atoms with Crippen LogP contribution in [-0.2, 0) is 12.6 Å². The third-order valence-corrected chi connectivity index (χ3v) is 4.33. The average Bonchev–Trinajstić information content (AvgIpc) is 3.00. The van der Waals surface area contributed by atoms with Crippen molar-refractivity contribution in [3.05, 3.63) is 47.5 Å². The zero-order valence-corrected chi connectivity index (χ0v) is 14.0. The number of hydrogen-bond donors (Lipinski definition) is 1. The third-order valence-electron chi connectivity index (χ3n) is 4.33. The lowest BCUT2D eigenvalue weighted by molar-refractivity contribution is -0.138. The van der Waals surface area contributed by atoms with Crippen molar-refractivity contribution >= 4 is 11.9 Å². The molecule has 3 aromatic rings. The molecule has 4 rings (SSSR count). The van der Waals surface area contributed by atoms with Crippen LogP contribution < -0.4 is 0 Å². The molecule has 138 valence electrons. The van der Waals surface area contributed by atoms with Crippen molar-refractivity contribution in [2.75, 3.05) is 0 Å². The van der Waals surface area contributed by atoms with Crippen LogP contribution in [0.5, 0.6) is 5.75 Å². The van der Waals surface area contributed by atoms with E-state index in [4.69, 9.17) is 4.52 Å². The summed E-state index contributed by atoms with van der Waals surface area (Å²) in [6, 6.07) is 8.66. The zero-order valence-electron chi connectivity index (χ0n) is 14.0. The monoisotopic (exact) mass is 373 g/mol. The summed E-state index contributed by atoms with van der Waals surface area (Å²) in [6.07, 6.45) is 0.0640. The number of rotatable bonds is 2. The van der Waals surface area contributed by atoms with Crippen LogP contribution in [0.1, 0.15) is 24.0 Å². The number of fused-ring (bicyclic) bond motifs is 1. The number of phenolic OH excluding ortho intramolecular Hbond substituents is 1. The Bertz CT molecular complexity index is 1030. The highest BCUT2D eigenvalue weighted by Crippen LogP contribution is 2.38. The van der Waals surface area contributed by atoms with E-state index in [1.807, 2.05) is 24.4 Å². The number of phenols is 1. The maximum absolute atomic E-state index is 13.0. The van der Waals surface area contributed by atoms with E-state index < -0.39 is 17.5 Å². The molecule has 1 aliphatic rings. The normalized spacial score (nSPS) is 14.0. The predicted molar refractivity (Wildman–Crippen MR) is 92.9 cm³/mol. The van der Waals surface area contributed by atoms with Crippen LogP contribution in [0.15, 0.2) is 45.9 Å². The van der Waals surface area contributed by atoms with Gasteiger partial charge in [0, 0.05) is 17.3 Å². The number of aromatic hydroxyl groups is 1. The molecule has 5 nitrogen and oxygen atoms in total. The Labute approximate surface area is 152 Å². The molecule has 8 heteroatoms. The second kappa shape index (κ2) is 6.53. The molecule has 0 amide bonds. The van der Waals surface area contributed by atoms with Crippen molar-refractivity contribution < 1.29 is 22.8 Å². The highest BCUT2D eigenvalue weighted by atomic mass is 19.4. The van der Waals surface area contributed by atoms with Crippen molar-refractivity contribution in [3.63, 3.8) is 0 Å². The quantitative estimate of drug-likeness (QED) is 0.673. The Balaban J connectivity index is 1.70. The van der Waals surface area contributed by atoms with Gasteiger partial charge in [0.2, 0.25) is 5.82 Å². The first kappa shape index (κ1) is 17.3. The van der Waals surface area contributed by atoms with Crippen LogP contribution in [0.4, 0.5) is 18.9 Å². The van der Waals surface area contributed by atoms with Gasteiger partial charge in [-0.3, -0.25) is 4.99 Å². The molecule has 0 fully saturated rings. The first-order chi connectivity index (χ1) is 12.9. The molecule has 27 heavy (non-hydrogen) atoms. The third kappa shape index (κ3) is 3.42. The van der Waals surface area contributed by atoms with Crippen molar-refractivity contribution in [2.45, 2.75) is 25.4 Å². The molecule has 0 atom stereocenters. The standard InChI is InChI=1S/C19H14F3N3O2/c20-19(21,22)14-9-13(6-7-16(14)26)18-24-17(25-27-18)12-5-4-11-3-1-2-8-23-15(11)10-12/h4-10,26H,1-3H2. The summed E-state index contributed by atoms with van der Waals surface area (Å²) in [5, 5.41) is 13.3. The Morgan fingerprint density at radius 2 is 1.85 bits per heavy atom. The molecular formula is C19H14F3N3O2. The van der Waals surface area contributed by atoms with Crippen molar-refractivity contribution in [1.82, 2.24) is 10.1 Å². The molecule has 1 N–H and O–H groups in total. The van der Waals surface area contributed by atoms with Crippen molar-refractivity contribution in [2.24, 2.45) is 4.99 Å². The first-order valence-corrected chi connectivity index (χ1v) is 8.32. The fraction of sp³-hybridized carbons (Fsp3) is 0.211. The Morgan fingerprint density at radius 1 is 1.04 bits per heavy atom. The van der Waals surface area contributed by atoms with E-state index in [2.05, 4.69) is 15.1 Å². The van der Waals surface area contributed by atoms with Gasteiger partial charge >= 0.3 is 6.18 Å². The van der Waals surface area contributed by atoms with E-state index in [1.54, 1.807) is 0 Å². The Morgan fingerprint density at radius 3 is 2.67 bits per heavy atom. The Hall–Kier alpha value is -3.16. The fourth-order valence-corrected chi connectivity index (χ4v) is 2.94. The van der Waals surface area contributed by atoms with Crippen LogP contribution >= 0.6 is 0 Å².